The smallest absolute Gasteiger partial charge is 0.320 e. The number of benzene rings is 3. The van der Waals surface area contributed by atoms with Crippen LogP contribution >= 0.6 is 11.6 Å². The van der Waals surface area contributed by atoms with Crippen molar-refractivity contribution in [3.8, 4) is 34.4 Å². The fourth-order valence-electron chi connectivity index (χ4n) is 8.68. The third-order valence-corrected chi connectivity index (χ3v) is 12.4. The van der Waals surface area contributed by atoms with Gasteiger partial charge in [0.15, 0.2) is 0 Å². The van der Waals surface area contributed by atoms with Gasteiger partial charge in [0.25, 0.3) is 0 Å². The number of carboxylic acids is 1. The number of hydrogen-bond acceptors (Lipinski definition) is 10. The number of likely N-dealkylation sites (tertiary alicyclic amines) is 2. The number of aromatic nitrogens is 1. The van der Waals surface area contributed by atoms with Crippen LogP contribution < -0.4 is 14.2 Å². The molecule has 7 rings (SSSR count). The van der Waals surface area contributed by atoms with E-state index in [4.69, 9.17) is 30.5 Å². The van der Waals surface area contributed by atoms with Gasteiger partial charge >= 0.3 is 5.97 Å². The van der Waals surface area contributed by atoms with Crippen molar-refractivity contribution in [3.05, 3.63) is 105 Å². The molecule has 3 aromatic carbocycles. The van der Waals surface area contributed by atoms with Crippen molar-refractivity contribution in [1.29, 1.82) is 5.26 Å². The fraction of sp³-hybridized carbons (Fsp3) is 0.468. The summed E-state index contributed by atoms with van der Waals surface area (Å²) in [6, 6.07) is 20.1. The van der Waals surface area contributed by atoms with Gasteiger partial charge in [-0.15, -0.1) is 0 Å². The van der Waals surface area contributed by atoms with Gasteiger partial charge in [0.05, 0.1) is 30.4 Å². The molecule has 1 aromatic heterocycles. The van der Waals surface area contributed by atoms with Crippen LogP contribution in [0.2, 0.25) is 5.02 Å². The lowest BCUT2D eigenvalue weighted by Gasteiger charge is -2.40. The minimum absolute atomic E-state index is 0.163. The number of carboxylic acid groups (broad SMARTS) is 1. The van der Waals surface area contributed by atoms with E-state index in [9.17, 15) is 15.2 Å². The number of ether oxygens (including phenoxy) is 4. The van der Waals surface area contributed by atoms with Crippen molar-refractivity contribution in [1.82, 2.24) is 19.7 Å². The number of aliphatic carboxylic acids is 1. The maximum absolute atomic E-state index is 12.1. The van der Waals surface area contributed by atoms with E-state index in [0.29, 0.717) is 54.2 Å². The standard InChI is InChI=1S/C47H56ClN5O6/c1-33-37(8-5-9-40(33)41-10-6-12-44(34(41)2)57-21-7-15-51-17-13-39(14-18-51)52-19-22-56-23-20-52)32-59-46-26-45(58-31-36-24-35(27-49)28-50-29-36)38(25-42(46)48)30-53-16-4-3-11-43(53)47(54)55/h5-6,8-10,12,24-26,28-29,39,43H,3-4,7,11,13-23,30-32H2,1-2H3,(H,54,55)/t43-/m0/s1. The molecule has 312 valence electrons. The molecule has 3 fully saturated rings. The maximum Gasteiger partial charge on any atom is 0.320 e. The van der Waals surface area contributed by atoms with Crippen LogP contribution in [-0.4, -0.2) is 102 Å². The third kappa shape index (κ3) is 10.9. The van der Waals surface area contributed by atoms with Crippen molar-refractivity contribution in [2.75, 3.05) is 59.1 Å². The number of nitriles is 1. The summed E-state index contributed by atoms with van der Waals surface area (Å²) in [6.45, 7) is 13.6. The number of rotatable bonds is 16. The summed E-state index contributed by atoms with van der Waals surface area (Å²) in [5.74, 6) is 1.07. The van der Waals surface area contributed by atoms with E-state index >= 15 is 0 Å². The van der Waals surface area contributed by atoms with Crippen molar-refractivity contribution < 1.29 is 28.8 Å². The molecule has 4 heterocycles. The lowest BCUT2D eigenvalue weighted by atomic mass is 9.93. The Morgan fingerprint density at radius 1 is 0.864 bits per heavy atom. The average molecular weight is 822 g/mol. The zero-order chi connectivity index (χ0) is 41.1. The number of morpholine rings is 1. The Morgan fingerprint density at radius 3 is 2.41 bits per heavy atom. The van der Waals surface area contributed by atoms with Crippen LogP contribution in [0, 0.1) is 25.2 Å². The van der Waals surface area contributed by atoms with Gasteiger partial charge in [0.1, 0.15) is 42.6 Å². The van der Waals surface area contributed by atoms with E-state index in [1.807, 2.05) is 11.0 Å². The van der Waals surface area contributed by atoms with E-state index in [1.165, 1.54) is 19.0 Å². The van der Waals surface area contributed by atoms with Crippen LogP contribution in [0.1, 0.15) is 71.9 Å². The number of nitrogens with zero attached hydrogens (tertiary/aromatic N) is 5. The Bertz CT molecular complexity index is 2090. The van der Waals surface area contributed by atoms with Crippen LogP contribution in [0.5, 0.6) is 17.2 Å². The molecule has 0 saturated carbocycles. The molecule has 1 N–H and O–H groups in total. The van der Waals surface area contributed by atoms with E-state index in [0.717, 1.165) is 110 Å². The first kappa shape index (κ1) is 42.4. The van der Waals surface area contributed by atoms with Gasteiger partial charge in [-0.3, -0.25) is 19.6 Å². The summed E-state index contributed by atoms with van der Waals surface area (Å²) in [4.78, 5) is 23.4. The first-order valence-corrected chi connectivity index (χ1v) is 21.4. The number of hydrogen-bond donors (Lipinski definition) is 1. The second-order valence-electron chi connectivity index (χ2n) is 15.9. The molecule has 4 aromatic rings. The molecule has 0 amide bonds. The van der Waals surface area contributed by atoms with E-state index in [2.05, 4.69) is 71.1 Å². The maximum atomic E-state index is 12.1. The lowest BCUT2D eigenvalue weighted by Crippen LogP contribution is -2.49. The first-order chi connectivity index (χ1) is 28.8. The van der Waals surface area contributed by atoms with Crippen molar-refractivity contribution >= 4 is 17.6 Å². The van der Waals surface area contributed by atoms with Gasteiger partial charge in [0, 0.05) is 61.8 Å². The van der Waals surface area contributed by atoms with E-state index in [-0.39, 0.29) is 13.2 Å². The van der Waals surface area contributed by atoms with E-state index in [1.54, 1.807) is 18.3 Å². The number of halogens is 1. The van der Waals surface area contributed by atoms with Crippen molar-refractivity contribution in [2.24, 2.45) is 0 Å². The number of piperidine rings is 2. The molecule has 1 atom stereocenters. The second kappa shape index (κ2) is 20.5. The zero-order valence-electron chi connectivity index (χ0n) is 34.3. The molecule has 59 heavy (non-hydrogen) atoms. The predicted octanol–water partition coefficient (Wildman–Crippen LogP) is 8.05. The predicted molar refractivity (Wildman–Crippen MR) is 228 cm³/mol. The summed E-state index contributed by atoms with van der Waals surface area (Å²) in [5, 5.41) is 19.7. The topological polar surface area (TPSA) is 121 Å². The van der Waals surface area contributed by atoms with Gasteiger partial charge in [-0.05, 0) is 112 Å². The highest BCUT2D eigenvalue weighted by molar-refractivity contribution is 6.32. The Balaban J connectivity index is 1.00. The lowest BCUT2D eigenvalue weighted by molar-refractivity contribution is -0.144. The van der Waals surface area contributed by atoms with Crippen molar-refractivity contribution in [3.63, 3.8) is 0 Å². The highest BCUT2D eigenvalue weighted by atomic mass is 35.5. The summed E-state index contributed by atoms with van der Waals surface area (Å²) >= 11 is 6.89. The Hall–Kier alpha value is -4.70. The minimum atomic E-state index is -0.828. The van der Waals surface area contributed by atoms with Crippen molar-refractivity contribution in [2.45, 2.75) is 84.2 Å². The van der Waals surface area contributed by atoms with Crippen LogP contribution in [-0.2, 0) is 29.3 Å². The first-order valence-electron chi connectivity index (χ1n) is 21.0. The van der Waals surface area contributed by atoms with Gasteiger partial charge < -0.3 is 29.0 Å². The summed E-state index contributed by atoms with van der Waals surface area (Å²) in [5.41, 5.74) is 7.41. The molecule has 11 nitrogen and oxygen atoms in total. The molecule has 0 bridgehead atoms. The molecule has 3 saturated heterocycles. The normalized spacial score (nSPS) is 18.3. The minimum Gasteiger partial charge on any atom is -0.493 e. The zero-order valence-corrected chi connectivity index (χ0v) is 35.1. The largest absolute Gasteiger partial charge is 0.493 e. The van der Waals surface area contributed by atoms with Gasteiger partial charge in [-0.2, -0.15) is 5.26 Å². The highest BCUT2D eigenvalue weighted by Gasteiger charge is 2.30. The van der Waals surface area contributed by atoms with Gasteiger partial charge in [-0.25, -0.2) is 0 Å². The molecular formula is C47H56ClN5O6. The summed E-state index contributed by atoms with van der Waals surface area (Å²) < 4.78 is 24.7. The Labute approximate surface area is 353 Å². The molecule has 0 aliphatic carbocycles. The summed E-state index contributed by atoms with van der Waals surface area (Å²) in [6.07, 6.45) is 9.01. The molecule has 12 heteroatoms. The second-order valence-corrected chi connectivity index (χ2v) is 16.3. The Kier molecular flexibility index (Phi) is 14.8. The van der Waals surface area contributed by atoms with Gasteiger partial charge in [0.2, 0.25) is 0 Å². The van der Waals surface area contributed by atoms with E-state index < -0.39 is 12.0 Å². The van der Waals surface area contributed by atoms with Crippen LogP contribution in [0.4, 0.5) is 0 Å². The summed E-state index contributed by atoms with van der Waals surface area (Å²) in [7, 11) is 0. The van der Waals surface area contributed by atoms with Crippen LogP contribution in [0.15, 0.2) is 67.0 Å². The highest BCUT2D eigenvalue weighted by Crippen LogP contribution is 2.37. The average Bonchev–Trinajstić information content (AvgIpc) is 3.26. The third-order valence-electron chi connectivity index (χ3n) is 12.1. The van der Waals surface area contributed by atoms with Gasteiger partial charge in [-0.1, -0.05) is 48.4 Å². The number of carbonyl (C=O) groups is 1. The van der Waals surface area contributed by atoms with Crippen LogP contribution in [0.3, 0.4) is 0 Å². The molecule has 0 spiro atoms. The Morgan fingerprint density at radius 2 is 1.63 bits per heavy atom. The molecular weight excluding hydrogens is 766 g/mol. The molecule has 3 aliphatic rings. The monoisotopic (exact) mass is 821 g/mol. The fourth-order valence-corrected chi connectivity index (χ4v) is 8.92. The quantitative estimate of drug-likeness (QED) is 0.111. The SMILES string of the molecule is Cc1c(COc2cc(OCc3cncc(C#N)c3)c(CN3CCCC[C@H]3C(=O)O)cc2Cl)cccc1-c1cccc(OCCCN2CCC(N3CCOCC3)CC2)c1C. The number of pyridine rings is 1. The molecule has 0 unspecified atom stereocenters. The van der Waals surface area contributed by atoms with Crippen LogP contribution in [0.25, 0.3) is 11.1 Å². The molecule has 0 radical (unpaired) electrons. The molecule has 3 aliphatic heterocycles.